The first-order valence-electron chi connectivity index (χ1n) is 17.1. The van der Waals surface area contributed by atoms with Crippen LogP contribution in [0.1, 0.15) is 0 Å². The van der Waals surface area contributed by atoms with Crippen LogP contribution in [0.5, 0.6) is 0 Å². The Labute approximate surface area is 287 Å². The van der Waals surface area contributed by atoms with Crippen molar-refractivity contribution in [3.05, 3.63) is 170 Å². The number of furan rings is 2. The fraction of sp³-hybridized carbons (Fsp3) is 0. The van der Waals surface area contributed by atoms with E-state index in [0.29, 0.717) is 0 Å². The third kappa shape index (κ3) is 3.85. The van der Waals surface area contributed by atoms with Crippen LogP contribution in [0.15, 0.2) is 179 Å². The lowest BCUT2D eigenvalue weighted by Gasteiger charge is -2.19. The van der Waals surface area contributed by atoms with E-state index in [-0.39, 0.29) is 0 Å². The molecule has 50 heavy (non-hydrogen) atoms. The summed E-state index contributed by atoms with van der Waals surface area (Å²) < 4.78 is 13.4. The van der Waals surface area contributed by atoms with Crippen molar-refractivity contribution in [3.8, 4) is 33.6 Å². The normalized spacial score (nSPS) is 12.0. The Morgan fingerprint density at radius 2 is 0.900 bits per heavy atom. The van der Waals surface area contributed by atoms with Crippen LogP contribution in [0.3, 0.4) is 0 Å². The van der Waals surface area contributed by atoms with Gasteiger partial charge in [-0.2, -0.15) is 0 Å². The molecule has 0 saturated heterocycles. The summed E-state index contributed by atoms with van der Waals surface area (Å²) in [6, 6.07) is 60.7. The zero-order valence-corrected chi connectivity index (χ0v) is 27.0. The van der Waals surface area contributed by atoms with E-state index in [4.69, 9.17) is 8.83 Å². The Hall–Kier alpha value is -6.64. The molecule has 0 aliphatic carbocycles. The van der Waals surface area contributed by atoms with Crippen LogP contribution >= 0.6 is 0 Å². The van der Waals surface area contributed by atoms with E-state index in [1.807, 2.05) is 18.2 Å². The van der Waals surface area contributed by atoms with Crippen molar-refractivity contribution < 1.29 is 8.83 Å². The molecule has 9 aromatic carbocycles. The average Bonchev–Trinajstić information content (AvgIpc) is 3.79. The van der Waals surface area contributed by atoms with Crippen LogP contribution in [0.4, 0.5) is 0 Å². The number of benzene rings is 9. The second-order valence-electron chi connectivity index (χ2n) is 13.2. The number of hydrogen-bond donors (Lipinski definition) is 0. The maximum atomic E-state index is 6.82. The van der Waals surface area contributed by atoms with Gasteiger partial charge in [0.2, 0.25) is 0 Å². The van der Waals surface area contributed by atoms with E-state index in [2.05, 4.69) is 152 Å². The predicted octanol–water partition coefficient (Wildman–Crippen LogP) is 13.9. The van der Waals surface area contributed by atoms with Crippen molar-refractivity contribution in [2.24, 2.45) is 0 Å². The molecule has 2 heterocycles. The SMILES string of the molecule is c1ccc(-c2cc3ccc4oc5c(-c6c7ccccc7c(-c7cc8ccccc8c8ccccc78)c7ccccc67)cccc5c4c3o2)cc1. The van der Waals surface area contributed by atoms with Gasteiger partial charge in [0, 0.05) is 27.5 Å². The molecule has 0 atom stereocenters. The van der Waals surface area contributed by atoms with Gasteiger partial charge in [0.15, 0.2) is 0 Å². The van der Waals surface area contributed by atoms with Gasteiger partial charge in [0.1, 0.15) is 22.5 Å². The summed E-state index contributed by atoms with van der Waals surface area (Å²) in [5.41, 5.74) is 8.35. The van der Waals surface area contributed by atoms with Crippen LogP contribution in [0, 0.1) is 0 Å². The van der Waals surface area contributed by atoms with E-state index in [1.54, 1.807) is 0 Å². The molecule has 0 spiro atoms. The minimum Gasteiger partial charge on any atom is -0.455 e. The van der Waals surface area contributed by atoms with Gasteiger partial charge in [-0.3, -0.25) is 0 Å². The Bertz CT molecular complexity index is 3080. The molecule has 0 saturated carbocycles. The Morgan fingerprint density at radius 1 is 0.320 bits per heavy atom. The molecule has 0 N–H and O–H groups in total. The summed E-state index contributed by atoms with van der Waals surface area (Å²) in [6.45, 7) is 0. The molecule has 0 amide bonds. The van der Waals surface area contributed by atoms with E-state index in [9.17, 15) is 0 Å². The maximum Gasteiger partial charge on any atom is 0.146 e. The van der Waals surface area contributed by atoms with Crippen LogP contribution in [0.2, 0.25) is 0 Å². The van der Waals surface area contributed by atoms with Crippen molar-refractivity contribution in [3.63, 3.8) is 0 Å². The maximum absolute atomic E-state index is 6.82. The lowest BCUT2D eigenvalue weighted by atomic mass is 9.83. The zero-order valence-electron chi connectivity index (χ0n) is 27.0. The summed E-state index contributed by atoms with van der Waals surface area (Å²) in [5.74, 6) is 0.854. The highest BCUT2D eigenvalue weighted by Crippen LogP contribution is 2.49. The van der Waals surface area contributed by atoms with Crippen LogP contribution < -0.4 is 0 Å². The minimum absolute atomic E-state index is 0.821. The van der Waals surface area contributed by atoms with Gasteiger partial charge in [-0.1, -0.05) is 146 Å². The molecule has 0 aliphatic rings. The zero-order chi connectivity index (χ0) is 32.8. The lowest BCUT2D eigenvalue weighted by Crippen LogP contribution is -1.92. The van der Waals surface area contributed by atoms with Gasteiger partial charge < -0.3 is 8.83 Å². The van der Waals surface area contributed by atoms with E-state index in [0.717, 1.165) is 49.8 Å². The molecule has 2 nitrogen and oxygen atoms in total. The highest BCUT2D eigenvalue weighted by Gasteiger charge is 2.23. The van der Waals surface area contributed by atoms with Crippen molar-refractivity contribution in [2.45, 2.75) is 0 Å². The number of para-hydroxylation sites is 1. The molecule has 2 heteroatoms. The largest absolute Gasteiger partial charge is 0.455 e. The van der Waals surface area contributed by atoms with E-state index >= 15 is 0 Å². The van der Waals surface area contributed by atoms with Gasteiger partial charge in [-0.25, -0.2) is 0 Å². The quantitative estimate of drug-likeness (QED) is 0.142. The first-order chi connectivity index (χ1) is 24.8. The standard InChI is InChI=1S/C48H28O2/c1-2-13-29(14-3-1)43-28-31-25-26-42-46(47(31)50-43)40-24-12-23-39(48(40)49-42)44-35-19-8-10-21-37(35)45(38-22-11-9-20-36(38)44)41-27-30-15-4-5-16-32(30)33-17-6-7-18-34(33)41/h1-28H. The third-order valence-corrected chi connectivity index (χ3v) is 10.4. The fourth-order valence-electron chi connectivity index (χ4n) is 8.29. The third-order valence-electron chi connectivity index (χ3n) is 10.4. The molecule has 0 aliphatic heterocycles. The molecule has 11 rings (SSSR count). The average molecular weight is 637 g/mol. The first kappa shape index (κ1) is 27.3. The Balaban J connectivity index is 1.23. The summed E-state index contributed by atoms with van der Waals surface area (Å²) >= 11 is 0. The molecule has 0 bridgehead atoms. The van der Waals surface area contributed by atoms with Gasteiger partial charge in [-0.15, -0.1) is 0 Å². The minimum atomic E-state index is 0.821. The fourth-order valence-corrected chi connectivity index (χ4v) is 8.29. The van der Waals surface area contributed by atoms with Crippen molar-refractivity contribution >= 4 is 76.0 Å². The van der Waals surface area contributed by atoms with Gasteiger partial charge >= 0.3 is 0 Å². The molecule has 11 aromatic rings. The van der Waals surface area contributed by atoms with E-state index in [1.165, 1.54) is 59.8 Å². The van der Waals surface area contributed by atoms with Gasteiger partial charge in [0.05, 0.1) is 5.39 Å². The highest BCUT2D eigenvalue weighted by atomic mass is 16.3. The molecule has 0 radical (unpaired) electrons. The second kappa shape index (κ2) is 10.4. The van der Waals surface area contributed by atoms with Gasteiger partial charge in [0.25, 0.3) is 0 Å². The van der Waals surface area contributed by atoms with Crippen LogP contribution in [-0.4, -0.2) is 0 Å². The smallest absolute Gasteiger partial charge is 0.146 e. The Kier molecular flexibility index (Phi) is 5.70. The summed E-state index contributed by atoms with van der Waals surface area (Å²) in [4.78, 5) is 0. The molecular weight excluding hydrogens is 609 g/mol. The molecule has 232 valence electrons. The van der Waals surface area contributed by atoms with Crippen LogP contribution in [-0.2, 0) is 0 Å². The number of rotatable bonds is 3. The Morgan fingerprint density at radius 3 is 1.62 bits per heavy atom. The topological polar surface area (TPSA) is 26.3 Å². The molecule has 0 fully saturated rings. The second-order valence-corrected chi connectivity index (χ2v) is 13.2. The van der Waals surface area contributed by atoms with Crippen LogP contribution in [0.25, 0.3) is 110 Å². The first-order valence-corrected chi connectivity index (χ1v) is 17.1. The summed E-state index contributed by atoms with van der Waals surface area (Å²) in [5, 5.41) is 13.0. The number of hydrogen-bond acceptors (Lipinski definition) is 2. The predicted molar refractivity (Wildman–Crippen MR) is 210 cm³/mol. The lowest BCUT2D eigenvalue weighted by molar-refractivity contribution is 0.633. The summed E-state index contributed by atoms with van der Waals surface area (Å²) in [6.07, 6.45) is 0. The van der Waals surface area contributed by atoms with Crippen molar-refractivity contribution in [2.75, 3.05) is 0 Å². The van der Waals surface area contributed by atoms with Gasteiger partial charge in [-0.05, 0) is 78.5 Å². The van der Waals surface area contributed by atoms with Crippen molar-refractivity contribution in [1.29, 1.82) is 0 Å². The highest BCUT2D eigenvalue weighted by molar-refractivity contribution is 6.28. The monoisotopic (exact) mass is 636 g/mol. The molecule has 0 unspecified atom stereocenters. The molecular formula is C48H28O2. The molecule has 2 aromatic heterocycles. The number of fused-ring (bicyclic) bond motifs is 10. The summed E-state index contributed by atoms with van der Waals surface area (Å²) in [7, 11) is 0. The van der Waals surface area contributed by atoms with E-state index < -0.39 is 0 Å². The van der Waals surface area contributed by atoms with Crippen molar-refractivity contribution in [1.82, 2.24) is 0 Å².